The van der Waals surface area contributed by atoms with Gasteiger partial charge in [-0.1, -0.05) is 54.6 Å². The summed E-state index contributed by atoms with van der Waals surface area (Å²) in [6.45, 7) is 8.30. The van der Waals surface area contributed by atoms with Crippen molar-refractivity contribution >= 4 is 40.2 Å². The minimum atomic E-state index is -0.426. The summed E-state index contributed by atoms with van der Waals surface area (Å²) < 4.78 is 14.7. The van der Waals surface area contributed by atoms with Gasteiger partial charge in [-0.05, 0) is 45.3 Å². The van der Waals surface area contributed by atoms with Gasteiger partial charge in [-0.2, -0.15) is 0 Å². The third-order valence-corrected chi connectivity index (χ3v) is 6.85. The first-order valence-electron chi connectivity index (χ1n) is 11.0. The number of pyridine rings is 2. The Morgan fingerprint density at radius 1 is 0.781 bits per heavy atom. The molecule has 0 bridgehead atoms. The van der Waals surface area contributed by atoms with Crippen LogP contribution in [0.1, 0.15) is 27.7 Å². The molecule has 0 unspecified atom stereocenters. The van der Waals surface area contributed by atoms with Crippen LogP contribution in [0.2, 0.25) is 0 Å². The second kappa shape index (κ2) is 6.64. The summed E-state index contributed by atoms with van der Waals surface area (Å²) in [5, 5.41) is 2.11. The largest absolute Gasteiger partial charge is 0.494 e. The second-order valence-electron chi connectivity index (χ2n) is 9.43. The van der Waals surface area contributed by atoms with Crippen LogP contribution in [-0.4, -0.2) is 32.7 Å². The second-order valence-corrected chi connectivity index (χ2v) is 9.43. The van der Waals surface area contributed by atoms with E-state index in [1.54, 1.807) is 0 Å². The smallest absolute Gasteiger partial charge is 0.399 e. The molecule has 6 rings (SSSR count). The molecular formula is C26H24BN3O2. The molecule has 6 heteroatoms. The first kappa shape index (κ1) is 19.5. The van der Waals surface area contributed by atoms with Crippen molar-refractivity contribution in [2.24, 2.45) is 0 Å². The van der Waals surface area contributed by atoms with Gasteiger partial charge >= 0.3 is 7.12 Å². The average Bonchev–Trinajstić information content (AvgIpc) is 3.26. The molecule has 0 atom stereocenters. The normalized spacial score (nSPS) is 17.6. The van der Waals surface area contributed by atoms with Gasteiger partial charge in [-0.3, -0.25) is 4.40 Å². The number of fused-ring (bicyclic) bond motifs is 5. The van der Waals surface area contributed by atoms with Crippen molar-refractivity contribution in [1.82, 2.24) is 14.4 Å². The van der Waals surface area contributed by atoms with Crippen LogP contribution in [0.5, 0.6) is 0 Å². The van der Waals surface area contributed by atoms with Crippen LogP contribution in [0.25, 0.3) is 38.8 Å². The summed E-state index contributed by atoms with van der Waals surface area (Å²) in [6.07, 6.45) is 2.01. The maximum atomic E-state index is 6.32. The van der Waals surface area contributed by atoms with Gasteiger partial charge in [-0.25, -0.2) is 9.97 Å². The van der Waals surface area contributed by atoms with E-state index in [9.17, 15) is 0 Å². The third-order valence-electron chi connectivity index (χ3n) is 6.85. The summed E-state index contributed by atoms with van der Waals surface area (Å²) >= 11 is 0. The van der Waals surface area contributed by atoms with Crippen molar-refractivity contribution < 1.29 is 9.31 Å². The Labute approximate surface area is 187 Å². The van der Waals surface area contributed by atoms with Gasteiger partial charge in [0.1, 0.15) is 11.2 Å². The molecule has 5 aromatic rings. The number of imidazole rings is 1. The Balaban J connectivity index is 1.63. The predicted octanol–water partition coefficient (Wildman–Crippen LogP) is 5.00. The van der Waals surface area contributed by atoms with E-state index in [-0.39, 0.29) is 0 Å². The van der Waals surface area contributed by atoms with Crippen molar-refractivity contribution in [1.29, 1.82) is 0 Å². The molecule has 3 aromatic heterocycles. The quantitative estimate of drug-likeness (QED) is 0.377. The Morgan fingerprint density at radius 3 is 2.25 bits per heavy atom. The molecule has 5 nitrogen and oxygen atoms in total. The van der Waals surface area contributed by atoms with E-state index in [0.717, 1.165) is 44.3 Å². The average molecular weight is 421 g/mol. The fourth-order valence-corrected chi connectivity index (χ4v) is 4.34. The lowest BCUT2D eigenvalue weighted by Crippen LogP contribution is -2.41. The Bertz CT molecular complexity index is 1480. The van der Waals surface area contributed by atoms with Crippen LogP contribution in [0, 0.1) is 0 Å². The van der Waals surface area contributed by atoms with Crippen LogP contribution >= 0.6 is 0 Å². The summed E-state index contributed by atoms with van der Waals surface area (Å²) in [4.78, 5) is 9.99. The molecule has 4 heterocycles. The fourth-order valence-electron chi connectivity index (χ4n) is 4.34. The van der Waals surface area contributed by atoms with E-state index in [0.29, 0.717) is 0 Å². The number of hydrogen-bond acceptors (Lipinski definition) is 4. The summed E-state index contributed by atoms with van der Waals surface area (Å²) in [7, 11) is -0.426. The van der Waals surface area contributed by atoms with Gasteiger partial charge in [0.2, 0.25) is 0 Å². The maximum absolute atomic E-state index is 6.32. The zero-order valence-corrected chi connectivity index (χ0v) is 18.7. The van der Waals surface area contributed by atoms with Crippen molar-refractivity contribution in [3.05, 3.63) is 72.9 Å². The van der Waals surface area contributed by atoms with E-state index in [4.69, 9.17) is 19.3 Å². The minimum Gasteiger partial charge on any atom is -0.399 e. The first-order chi connectivity index (χ1) is 15.3. The van der Waals surface area contributed by atoms with Gasteiger partial charge in [0.15, 0.2) is 5.65 Å². The molecule has 1 fully saturated rings. The molecule has 0 saturated carbocycles. The van der Waals surface area contributed by atoms with Crippen molar-refractivity contribution in [3.63, 3.8) is 0 Å². The first-order valence-corrected chi connectivity index (χ1v) is 11.0. The maximum Gasteiger partial charge on any atom is 0.494 e. The number of hydrogen-bond donors (Lipinski definition) is 0. The monoisotopic (exact) mass is 421 g/mol. The molecule has 32 heavy (non-hydrogen) atoms. The summed E-state index contributed by atoms with van der Waals surface area (Å²) in [6, 6.07) is 22.7. The van der Waals surface area contributed by atoms with E-state index in [1.165, 1.54) is 0 Å². The molecule has 0 radical (unpaired) electrons. The highest BCUT2D eigenvalue weighted by Gasteiger charge is 2.51. The Hall–Kier alpha value is -3.22. The van der Waals surface area contributed by atoms with Gasteiger partial charge in [0.25, 0.3) is 0 Å². The van der Waals surface area contributed by atoms with Crippen LogP contribution in [0.15, 0.2) is 72.9 Å². The minimum absolute atomic E-state index is 0.390. The Kier molecular flexibility index (Phi) is 4.04. The molecule has 0 aliphatic carbocycles. The topological polar surface area (TPSA) is 48.7 Å². The molecule has 0 spiro atoms. The highest BCUT2D eigenvalue weighted by atomic mass is 16.7. The highest BCUT2D eigenvalue weighted by molar-refractivity contribution is 6.62. The molecule has 2 aromatic carbocycles. The van der Waals surface area contributed by atoms with Gasteiger partial charge in [0, 0.05) is 22.5 Å². The lowest BCUT2D eigenvalue weighted by molar-refractivity contribution is 0.00578. The highest BCUT2D eigenvalue weighted by Crippen LogP contribution is 2.37. The van der Waals surface area contributed by atoms with Crippen molar-refractivity contribution in [3.8, 4) is 11.3 Å². The lowest BCUT2D eigenvalue weighted by atomic mass is 9.78. The number of benzene rings is 2. The number of aromatic nitrogens is 3. The van der Waals surface area contributed by atoms with E-state index < -0.39 is 18.3 Å². The summed E-state index contributed by atoms with van der Waals surface area (Å²) in [5.41, 5.74) is 4.84. The van der Waals surface area contributed by atoms with E-state index in [2.05, 4.69) is 58.0 Å². The van der Waals surface area contributed by atoms with Crippen LogP contribution in [0.4, 0.5) is 0 Å². The Morgan fingerprint density at radius 2 is 1.50 bits per heavy atom. The van der Waals surface area contributed by atoms with Gasteiger partial charge < -0.3 is 9.31 Å². The molecule has 1 aliphatic rings. The molecule has 1 aliphatic heterocycles. The van der Waals surface area contributed by atoms with E-state index >= 15 is 0 Å². The molecule has 0 amide bonds. The van der Waals surface area contributed by atoms with Crippen molar-refractivity contribution in [2.75, 3.05) is 0 Å². The third kappa shape index (κ3) is 2.80. The lowest BCUT2D eigenvalue weighted by Gasteiger charge is -2.32. The van der Waals surface area contributed by atoms with Gasteiger partial charge in [-0.15, -0.1) is 0 Å². The summed E-state index contributed by atoms with van der Waals surface area (Å²) in [5.74, 6) is 0. The molecule has 0 N–H and O–H groups in total. The van der Waals surface area contributed by atoms with Crippen LogP contribution in [0.3, 0.4) is 0 Å². The number of rotatable bonds is 2. The van der Waals surface area contributed by atoms with E-state index in [1.807, 2.05) is 47.0 Å². The molecule has 158 valence electrons. The fraction of sp³-hybridized carbons (Fsp3) is 0.231. The molecular weight excluding hydrogens is 397 g/mol. The zero-order chi connectivity index (χ0) is 22.1. The van der Waals surface area contributed by atoms with Gasteiger partial charge in [0.05, 0.1) is 16.9 Å². The van der Waals surface area contributed by atoms with Crippen LogP contribution < -0.4 is 5.46 Å². The van der Waals surface area contributed by atoms with Crippen LogP contribution in [-0.2, 0) is 9.31 Å². The SMILES string of the molecule is CC1(C)OB(c2ccc3c(c2)c(-c2ccccc2)nc2c3nc3ccccn32)OC1(C)C. The van der Waals surface area contributed by atoms with Crippen molar-refractivity contribution in [2.45, 2.75) is 38.9 Å². The standard InChI is InChI=1S/C26H24BN3O2/c1-25(2)26(3,4)32-27(31-25)18-13-14-19-20(16-18)22(17-10-6-5-7-11-17)29-24-23(19)28-21-12-8-9-15-30(21)24/h5-16H,1-4H3. The number of nitrogens with zero attached hydrogens (tertiary/aromatic N) is 3. The molecule has 1 saturated heterocycles. The predicted molar refractivity (Wildman–Crippen MR) is 129 cm³/mol. The zero-order valence-electron chi connectivity index (χ0n) is 18.7.